The summed E-state index contributed by atoms with van der Waals surface area (Å²) in [5.41, 5.74) is 2.25. The van der Waals surface area contributed by atoms with Crippen molar-refractivity contribution >= 4 is 6.09 Å². The Hall–Kier alpha value is -2.54. The van der Waals surface area contributed by atoms with Crippen molar-refractivity contribution in [2.24, 2.45) is 0 Å². The van der Waals surface area contributed by atoms with Crippen LogP contribution in [-0.4, -0.2) is 42.7 Å². The number of benzene rings is 2. The molecule has 144 valence electrons. The van der Waals surface area contributed by atoms with Gasteiger partial charge < -0.3 is 15.0 Å². The average molecular weight is 378 g/mol. The zero-order chi connectivity index (χ0) is 19.3. The molecular formula is C20H21F3N2O2. The highest BCUT2D eigenvalue weighted by atomic mass is 19.3. The van der Waals surface area contributed by atoms with Crippen LogP contribution in [0.5, 0.6) is 0 Å². The van der Waals surface area contributed by atoms with Crippen LogP contribution in [0.15, 0.2) is 54.6 Å². The predicted octanol–water partition coefficient (Wildman–Crippen LogP) is 3.61. The fourth-order valence-corrected chi connectivity index (χ4v) is 3.02. The van der Waals surface area contributed by atoms with Crippen LogP contribution in [-0.2, 0) is 17.7 Å². The minimum Gasteiger partial charge on any atom is -0.438 e. The molecule has 1 N–H and O–H groups in total. The smallest absolute Gasteiger partial charge is 0.410 e. The average Bonchev–Trinajstić information content (AvgIpc) is 3.00. The zero-order valence-electron chi connectivity index (χ0n) is 14.7. The minimum absolute atomic E-state index is 0.00314. The first kappa shape index (κ1) is 19.2. The van der Waals surface area contributed by atoms with Gasteiger partial charge in [-0.25, -0.2) is 18.0 Å². The van der Waals surface area contributed by atoms with Crippen LogP contribution in [0, 0.1) is 5.82 Å². The van der Waals surface area contributed by atoms with Crippen LogP contribution in [0.2, 0.25) is 0 Å². The van der Waals surface area contributed by atoms with E-state index in [0.717, 1.165) is 12.0 Å². The molecular weight excluding hydrogens is 357 g/mol. The highest BCUT2D eigenvalue weighted by Gasteiger charge is 2.47. The second-order valence-corrected chi connectivity index (χ2v) is 6.50. The van der Waals surface area contributed by atoms with Crippen molar-refractivity contribution in [3.63, 3.8) is 0 Å². The fraction of sp³-hybridized carbons (Fsp3) is 0.350. The van der Waals surface area contributed by atoms with E-state index in [1.165, 1.54) is 22.6 Å². The normalized spacial score (nSPS) is 20.3. The van der Waals surface area contributed by atoms with Gasteiger partial charge in [0.05, 0.1) is 6.54 Å². The Morgan fingerprint density at radius 2 is 1.74 bits per heavy atom. The SMILES string of the molecule is Fc1ccccc1.O=C(OC1CNCC1(F)F)N1CCc2ccccc2C1. The van der Waals surface area contributed by atoms with Gasteiger partial charge in [0.15, 0.2) is 6.10 Å². The zero-order valence-corrected chi connectivity index (χ0v) is 14.7. The number of rotatable bonds is 1. The first-order valence-corrected chi connectivity index (χ1v) is 8.77. The molecule has 0 aromatic heterocycles. The summed E-state index contributed by atoms with van der Waals surface area (Å²) in [6.07, 6.45) is -1.30. The Balaban J connectivity index is 0.000000253. The molecule has 0 bridgehead atoms. The quantitative estimate of drug-likeness (QED) is 0.824. The molecule has 0 saturated carbocycles. The van der Waals surface area contributed by atoms with E-state index in [4.69, 9.17) is 4.74 Å². The lowest BCUT2D eigenvalue weighted by atomic mass is 10.0. The molecule has 2 aromatic rings. The second kappa shape index (κ2) is 8.43. The van der Waals surface area contributed by atoms with Crippen LogP contribution in [0.4, 0.5) is 18.0 Å². The molecule has 4 rings (SSSR count). The van der Waals surface area contributed by atoms with E-state index in [0.29, 0.717) is 13.1 Å². The largest absolute Gasteiger partial charge is 0.438 e. The van der Waals surface area contributed by atoms with E-state index in [9.17, 15) is 18.0 Å². The van der Waals surface area contributed by atoms with Crippen LogP contribution in [0.1, 0.15) is 11.1 Å². The third-order valence-electron chi connectivity index (χ3n) is 4.53. The maximum absolute atomic E-state index is 13.4. The lowest BCUT2D eigenvalue weighted by Crippen LogP contribution is -2.42. The van der Waals surface area contributed by atoms with Crippen molar-refractivity contribution in [3.05, 3.63) is 71.5 Å². The van der Waals surface area contributed by atoms with Crippen LogP contribution >= 0.6 is 0 Å². The van der Waals surface area contributed by atoms with Gasteiger partial charge in [-0.15, -0.1) is 0 Å². The van der Waals surface area contributed by atoms with Crippen molar-refractivity contribution in [2.75, 3.05) is 19.6 Å². The molecule has 1 unspecified atom stereocenters. The molecule has 27 heavy (non-hydrogen) atoms. The van der Waals surface area contributed by atoms with E-state index in [1.54, 1.807) is 18.2 Å². The number of amides is 1. The summed E-state index contributed by atoms with van der Waals surface area (Å²) in [6.45, 7) is 0.485. The number of fused-ring (bicyclic) bond motifs is 1. The number of ether oxygens (including phenoxy) is 1. The van der Waals surface area contributed by atoms with Crippen molar-refractivity contribution in [3.8, 4) is 0 Å². The summed E-state index contributed by atoms with van der Waals surface area (Å²) in [6, 6.07) is 15.8. The number of alkyl halides is 2. The second-order valence-electron chi connectivity index (χ2n) is 6.50. The highest BCUT2D eigenvalue weighted by molar-refractivity contribution is 5.68. The Bertz CT molecular complexity index is 771. The number of nitrogens with zero attached hydrogens (tertiary/aromatic N) is 1. The van der Waals surface area contributed by atoms with Crippen molar-refractivity contribution < 1.29 is 22.7 Å². The summed E-state index contributed by atoms with van der Waals surface area (Å²) < 4.78 is 43.7. The maximum atomic E-state index is 13.4. The van der Waals surface area contributed by atoms with Gasteiger partial charge in [0.2, 0.25) is 0 Å². The van der Waals surface area contributed by atoms with Crippen LogP contribution in [0.25, 0.3) is 0 Å². The molecule has 7 heteroatoms. The van der Waals surface area contributed by atoms with Gasteiger partial charge in [0, 0.05) is 19.6 Å². The summed E-state index contributed by atoms with van der Waals surface area (Å²) in [7, 11) is 0. The molecule has 0 aliphatic carbocycles. The van der Waals surface area contributed by atoms with Gasteiger partial charge in [0.25, 0.3) is 5.92 Å². The summed E-state index contributed by atoms with van der Waals surface area (Å²) in [5, 5.41) is 2.54. The number of halogens is 3. The Morgan fingerprint density at radius 1 is 1.07 bits per heavy atom. The molecule has 1 amide bonds. The molecule has 2 aliphatic rings. The van der Waals surface area contributed by atoms with E-state index in [-0.39, 0.29) is 12.4 Å². The summed E-state index contributed by atoms with van der Waals surface area (Å²) in [5.74, 6) is -3.16. The monoisotopic (exact) mass is 378 g/mol. The number of nitrogens with one attached hydrogen (secondary N) is 1. The number of hydrogen-bond donors (Lipinski definition) is 1. The van der Waals surface area contributed by atoms with Crippen molar-refractivity contribution in [1.82, 2.24) is 10.2 Å². The van der Waals surface area contributed by atoms with E-state index in [1.807, 2.05) is 24.3 Å². The van der Waals surface area contributed by atoms with Gasteiger partial charge >= 0.3 is 6.09 Å². The third kappa shape index (κ3) is 5.01. The topological polar surface area (TPSA) is 41.6 Å². The molecule has 1 fully saturated rings. The van der Waals surface area contributed by atoms with E-state index < -0.39 is 24.7 Å². The number of carbonyl (C=O) groups is 1. The van der Waals surface area contributed by atoms with Crippen LogP contribution < -0.4 is 5.32 Å². The predicted molar refractivity (Wildman–Crippen MR) is 95.0 cm³/mol. The third-order valence-corrected chi connectivity index (χ3v) is 4.53. The molecule has 2 heterocycles. The molecule has 4 nitrogen and oxygen atoms in total. The lowest BCUT2D eigenvalue weighted by molar-refractivity contribution is -0.0834. The first-order valence-electron chi connectivity index (χ1n) is 8.77. The molecule has 2 aliphatic heterocycles. The van der Waals surface area contributed by atoms with Gasteiger partial charge in [-0.05, 0) is 29.7 Å². The molecule has 2 aromatic carbocycles. The maximum Gasteiger partial charge on any atom is 0.410 e. The lowest BCUT2D eigenvalue weighted by Gasteiger charge is -2.30. The molecule has 1 saturated heterocycles. The van der Waals surface area contributed by atoms with E-state index in [2.05, 4.69) is 5.32 Å². The van der Waals surface area contributed by atoms with Gasteiger partial charge in [-0.2, -0.15) is 0 Å². The van der Waals surface area contributed by atoms with Gasteiger partial charge in [0.1, 0.15) is 5.82 Å². The number of hydrogen-bond acceptors (Lipinski definition) is 3. The molecule has 0 radical (unpaired) electrons. The summed E-state index contributed by atoms with van der Waals surface area (Å²) >= 11 is 0. The fourth-order valence-electron chi connectivity index (χ4n) is 3.02. The Morgan fingerprint density at radius 3 is 2.33 bits per heavy atom. The molecule has 1 atom stereocenters. The Kier molecular flexibility index (Phi) is 6.01. The first-order chi connectivity index (χ1) is 13.0. The van der Waals surface area contributed by atoms with E-state index >= 15 is 0 Å². The van der Waals surface area contributed by atoms with Gasteiger partial charge in [-0.1, -0.05) is 42.5 Å². The van der Waals surface area contributed by atoms with Crippen molar-refractivity contribution in [1.29, 1.82) is 0 Å². The highest BCUT2D eigenvalue weighted by Crippen LogP contribution is 2.26. The molecule has 0 spiro atoms. The van der Waals surface area contributed by atoms with Gasteiger partial charge in [-0.3, -0.25) is 0 Å². The standard InChI is InChI=1S/C14H16F2N2O2.C6H5F/c15-14(16)9-17-7-12(14)20-13(19)18-6-5-10-3-1-2-4-11(10)8-18;7-6-4-2-1-3-5-6/h1-4,12,17H,5-9H2;1-5H. The van der Waals surface area contributed by atoms with Crippen molar-refractivity contribution in [2.45, 2.75) is 25.0 Å². The minimum atomic E-state index is -2.98. The Labute approximate surface area is 155 Å². The van der Waals surface area contributed by atoms with Crippen LogP contribution in [0.3, 0.4) is 0 Å². The summed E-state index contributed by atoms with van der Waals surface area (Å²) in [4.78, 5) is 13.5. The number of carbonyl (C=O) groups excluding carboxylic acids is 1.